The van der Waals surface area contributed by atoms with E-state index in [4.69, 9.17) is 9.47 Å². The number of benzene rings is 2. The van der Waals surface area contributed by atoms with Crippen molar-refractivity contribution < 1.29 is 19.4 Å². The summed E-state index contributed by atoms with van der Waals surface area (Å²) in [6.45, 7) is 8.97. The van der Waals surface area contributed by atoms with E-state index in [2.05, 4.69) is 28.7 Å². The molecular weight excluding hydrogens is 436 g/mol. The number of hydrogen-bond acceptors (Lipinski definition) is 6. The van der Waals surface area contributed by atoms with E-state index < -0.39 is 23.8 Å². The van der Waals surface area contributed by atoms with E-state index in [0.717, 1.165) is 24.3 Å². The zero-order valence-corrected chi connectivity index (χ0v) is 21.0. The third-order valence-corrected chi connectivity index (χ3v) is 6.59. The molecule has 0 aliphatic carbocycles. The highest BCUT2D eigenvalue weighted by Crippen LogP contribution is 2.35. The monoisotopic (exact) mass is 472 g/mol. The molecular formula is C26H36N2O4S. The van der Waals surface area contributed by atoms with Gasteiger partial charge in [0.15, 0.2) is 0 Å². The summed E-state index contributed by atoms with van der Waals surface area (Å²) in [4.78, 5) is 13.7. The molecule has 0 saturated heterocycles. The molecule has 2 N–H and O–H groups in total. The van der Waals surface area contributed by atoms with Crippen LogP contribution in [0, 0.1) is 5.92 Å². The second-order valence-corrected chi connectivity index (χ2v) is 10.9. The van der Waals surface area contributed by atoms with Crippen LogP contribution in [0.4, 0.5) is 4.79 Å². The van der Waals surface area contributed by atoms with Crippen LogP contribution in [0.2, 0.25) is 0 Å². The van der Waals surface area contributed by atoms with Crippen molar-refractivity contribution in [2.24, 2.45) is 5.92 Å². The van der Waals surface area contributed by atoms with Crippen LogP contribution < -0.4 is 10.1 Å². The normalized spacial score (nSPS) is 18.5. The molecule has 0 bridgehead atoms. The molecule has 0 spiro atoms. The SMILES string of the molecule is COc1ccc2c(c1)C[C@@H](C)CN(C[C@@H](O)[C@H](Cc1ccccc1)NC(=O)OC(C)(C)C)S2. The number of aliphatic hydroxyl groups is 1. The maximum atomic E-state index is 12.5. The van der Waals surface area contributed by atoms with Crippen molar-refractivity contribution in [2.75, 3.05) is 20.2 Å². The van der Waals surface area contributed by atoms with Crippen molar-refractivity contribution in [3.63, 3.8) is 0 Å². The van der Waals surface area contributed by atoms with Gasteiger partial charge in [-0.3, -0.25) is 0 Å². The average molecular weight is 473 g/mol. The van der Waals surface area contributed by atoms with E-state index in [-0.39, 0.29) is 0 Å². The van der Waals surface area contributed by atoms with Crippen molar-refractivity contribution in [2.45, 2.75) is 63.2 Å². The van der Waals surface area contributed by atoms with E-state index in [1.54, 1.807) is 19.1 Å². The Balaban J connectivity index is 1.73. The molecule has 1 amide bonds. The predicted octanol–water partition coefficient (Wildman–Crippen LogP) is 4.69. The molecule has 6 nitrogen and oxygen atoms in total. The molecule has 33 heavy (non-hydrogen) atoms. The summed E-state index contributed by atoms with van der Waals surface area (Å²) in [7, 11) is 1.68. The molecule has 0 saturated carbocycles. The van der Waals surface area contributed by atoms with Crippen molar-refractivity contribution in [1.82, 2.24) is 9.62 Å². The Morgan fingerprint density at radius 2 is 1.97 bits per heavy atom. The number of β-amino-alcohol motifs (C(OH)–C–C–N with tert-alkyl or cyclic N) is 1. The van der Waals surface area contributed by atoms with Gasteiger partial charge in [-0.1, -0.05) is 37.3 Å². The van der Waals surface area contributed by atoms with Crippen LogP contribution in [-0.2, 0) is 17.6 Å². The van der Waals surface area contributed by atoms with Gasteiger partial charge >= 0.3 is 6.09 Å². The number of carbonyl (C=O) groups is 1. The van der Waals surface area contributed by atoms with Crippen molar-refractivity contribution in [1.29, 1.82) is 0 Å². The number of ether oxygens (including phenoxy) is 2. The van der Waals surface area contributed by atoms with Gasteiger partial charge in [0.25, 0.3) is 0 Å². The predicted molar refractivity (Wildman–Crippen MR) is 133 cm³/mol. The van der Waals surface area contributed by atoms with Gasteiger partial charge in [0.2, 0.25) is 0 Å². The molecule has 3 atom stereocenters. The van der Waals surface area contributed by atoms with Crippen LogP contribution in [0.15, 0.2) is 53.4 Å². The minimum atomic E-state index is -0.766. The quantitative estimate of drug-likeness (QED) is 0.570. The highest BCUT2D eigenvalue weighted by molar-refractivity contribution is 7.97. The van der Waals surface area contributed by atoms with E-state index in [0.29, 0.717) is 18.9 Å². The minimum Gasteiger partial charge on any atom is -0.497 e. The van der Waals surface area contributed by atoms with Gasteiger partial charge < -0.3 is 19.9 Å². The number of carbonyl (C=O) groups excluding carboxylic acids is 1. The Labute approximate surface area is 201 Å². The Morgan fingerprint density at radius 1 is 1.24 bits per heavy atom. The smallest absolute Gasteiger partial charge is 0.407 e. The lowest BCUT2D eigenvalue weighted by Crippen LogP contribution is -2.50. The maximum absolute atomic E-state index is 12.5. The van der Waals surface area contributed by atoms with Crippen LogP contribution in [0.25, 0.3) is 0 Å². The number of nitrogens with one attached hydrogen (secondary N) is 1. The van der Waals surface area contributed by atoms with Crippen LogP contribution in [0.3, 0.4) is 0 Å². The largest absolute Gasteiger partial charge is 0.497 e. The summed E-state index contributed by atoms with van der Waals surface area (Å²) < 4.78 is 13.0. The van der Waals surface area contributed by atoms with Gasteiger partial charge in [0, 0.05) is 18.0 Å². The summed E-state index contributed by atoms with van der Waals surface area (Å²) in [5, 5.41) is 14.1. The van der Waals surface area contributed by atoms with Crippen LogP contribution in [0.5, 0.6) is 5.75 Å². The van der Waals surface area contributed by atoms with Gasteiger partial charge in [-0.2, -0.15) is 0 Å². The lowest BCUT2D eigenvalue weighted by Gasteiger charge is -2.30. The standard InChI is InChI=1S/C26H36N2O4S/c1-18-13-20-15-21(31-5)11-12-24(20)33-28(16-18)17-23(29)22(14-19-9-7-6-8-10-19)27-25(30)32-26(2,3)4/h6-12,15,18,22-23,29H,13-14,16-17H2,1-5H3,(H,27,30)/t18-,22+,23-/m1/s1. The number of rotatable bonds is 7. The maximum Gasteiger partial charge on any atom is 0.407 e. The number of amides is 1. The van der Waals surface area contributed by atoms with Crippen molar-refractivity contribution in [3.05, 3.63) is 59.7 Å². The van der Waals surface area contributed by atoms with Crippen molar-refractivity contribution in [3.8, 4) is 5.75 Å². The Kier molecular flexibility index (Phi) is 8.68. The zero-order valence-electron chi connectivity index (χ0n) is 20.2. The third kappa shape index (κ3) is 7.95. The molecule has 3 rings (SSSR count). The Bertz CT molecular complexity index is 916. The number of fused-ring (bicyclic) bond motifs is 1. The lowest BCUT2D eigenvalue weighted by atomic mass is 9.99. The van der Waals surface area contributed by atoms with Crippen LogP contribution in [0.1, 0.15) is 38.8 Å². The molecule has 7 heteroatoms. The van der Waals surface area contributed by atoms with Gasteiger partial charge in [0.05, 0.1) is 19.3 Å². The van der Waals surface area contributed by atoms with Crippen molar-refractivity contribution >= 4 is 18.0 Å². The lowest BCUT2D eigenvalue weighted by molar-refractivity contribution is 0.0402. The number of methoxy groups -OCH3 is 1. The zero-order chi connectivity index (χ0) is 24.0. The first-order valence-electron chi connectivity index (χ1n) is 11.4. The molecule has 2 aromatic rings. The van der Waals surface area contributed by atoms with E-state index in [1.807, 2.05) is 57.2 Å². The number of nitrogens with zero attached hydrogens (tertiary/aromatic N) is 1. The van der Waals surface area contributed by atoms with E-state index in [9.17, 15) is 9.90 Å². The summed E-state index contributed by atoms with van der Waals surface area (Å²) in [6.07, 6.45) is 0.188. The third-order valence-electron chi connectivity index (χ3n) is 5.43. The Morgan fingerprint density at radius 3 is 2.64 bits per heavy atom. The summed E-state index contributed by atoms with van der Waals surface area (Å²) in [5.41, 5.74) is 1.70. The van der Waals surface area contributed by atoms with Gasteiger partial charge in [0.1, 0.15) is 11.4 Å². The molecule has 0 unspecified atom stereocenters. The molecule has 1 aliphatic heterocycles. The topological polar surface area (TPSA) is 71.0 Å². The van der Waals surface area contributed by atoms with Crippen LogP contribution in [-0.4, -0.2) is 53.5 Å². The summed E-state index contributed by atoms with van der Waals surface area (Å²) in [6, 6.07) is 15.6. The first kappa shape index (κ1) is 25.4. The van der Waals surface area contributed by atoms with Gasteiger partial charge in [-0.15, -0.1) is 0 Å². The second kappa shape index (κ2) is 11.3. The fourth-order valence-corrected chi connectivity index (χ4v) is 5.18. The Hall–Kier alpha value is -2.22. The molecule has 1 aliphatic rings. The first-order chi connectivity index (χ1) is 15.6. The van der Waals surface area contributed by atoms with E-state index in [1.165, 1.54) is 10.5 Å². The number of alkyl carbamates (subject to hydrolysis) is 1. The molecule has 180 valence electrons. The highest BCUT2D eigenvalue weighted by atomic mass is 32.2. The number of hydrogen-bond donors (Lipinski definition) is 2. The summed E-state index contributed by atoms with van der Waals surface area (Å²) in [5.74, 6) is 1.28. The highest BCUT2D eigenvalue weighted by Gasteiger charge is 2.29. The number of aliphatic hydroxyl groups excluding tert-OH is 1. The van der Waals surface area contributed by atoms with E-state index >= 15 is 0 Å². The van der Waals surface area contributed by atoms with Gasteiger partial charge in [-0.05, 0) is 80.8 Å². The fourth-order valence-electron chi connectivity index (χ4n) is 3.95. The van der Waals surface area contributed by atoms with Crippen LogP contribution >= 0.6 is 11.9 Å². The first-order valence-corrected chi connectivity index (χ1v) is 12.2. The fraction of sp³-hybridized carbons (Fsp3) is 0.500. The average Bonchev–Trinajstić information content (AvgIpc) is 2.89. The second-order valence-electron chi connectivity index (χ2n) is 9.73. The molecule has 2 aromatic carbocycles. The molecule has 0 aromatic heterocycles. The molecule has 1 heterocycles. The minimum absolute atomic E-state index is 0.421. The summed E-state index contributed by atoms with van der Waals surface area (Å²) >= 11 is 1.66. The molecule has 0 radical (unpaired) electrons. The molecule has 0 fully saturated rings. The van der Waals surface area contributed by atoms with Gasteiger partial charge in [-0.25, -0.2) is 9.10 Å².